The predicted molar refractivity (Wildman–Crippen MR) is 82.8 cm³/mol. The lowest BCUT2D eigenvalue weighted by Gasteiger charge is -2.24. The molecule has 0 aromatic heterocycles. The molecule has 0 aliphatic rings. The molecule has 0 aromatic carbocycles. The van der Waals surface area contributed by atoms with Gasteiger partial charge in [0.05, 0.1) is 5.41 Å². The maximum Gasteiger partial charge on any atom is 0.227 e. The van der Waals surface area contributed by atoms with Crippen LogP contribution >= 0.6 is 24.0 Å². The molecule has 5 nitrogen and oxygen atoms in total. The zero-order chi connectivity index (χ0) is 12.6. The molecule has 0 aliphatic carbocycles. The molecule has 6 heteroatoms. The number of halogens is 1. The Bertz CT molecular complexity index is 277. The topological polar surface area (TPSA) is 65.5 Å². The van der Waals surface area contributed by atoms with Crippen LogP contribution in [0.2, 0.25) is 0 Å². The summed E-state index contributed by atoms with van der Waals surface area (Å²) in [5.41, 5.74) is -0.472. The van der Waals surface area contributed by atoms with E-state index in [1.807, 2.05) is 13.8 Å². The second-order valence-electron chi connectivity index (χ2n) is 4.06. The minimum Gasteiger partial charge on any atom is -0.359 e. The minimum atomic E-state index is -0.472. The first-order valence-corrected chi connectivity index (χ1v) is 5.25. The van der Waals surface area contributed by atoms with Crippen LogP contribution in [0.1, 0.15) is 13.8 Å². The number of rotatable bonds is 5. The van der Waals surface area contributed by atoms with Crippen LogP contribution in [0.15, 0.2) is 17.6 Å². The molecule has 0 aromatic rings. The number of amides is 1. The van der Waals surface area contributed by atoms with Crippen LogP contribution < -0.4 is 16.0 Å². The van der Waals surface area contributed by atoms with Crippen molar-refractivity contribution in [2.24, 2.45) is 10.4 Å². The number of carbonyl (C=O) groups is 1. The van der Waals surface area contributed by atoms with Gasteiger partial charge in [-0.3, -0.25) is 9.79 Å². The van der Waals surface area contributed by atoms with E-state index in [0.717, 1.165) is 0 Å². The Morgan fingerprint density at radius 2 is 2.00 bits per heavy atom. The number of nitrogens with zero attached hydrogens (tertiary/aromatic N) is 1. The Morgan fingerprint density at radius 1 is 1.41 bits per heavy atom. The van der Waals surface area contributed by atoms with E-state index in [0.29, 0.717) is 19.0 Å². The summed E-state index contributed by atoms with van der Waals surface area (Å²) in [7, 11) is 3.32. The molecule has 0 bridgehead atoms. The van der Waals surface area contributed by atoms with Crippen molar-refractivity contribution in [3.63, 3.8) is 0 Å². The molecule has 0 atom stereocenters. The molecular weight excluding hydrogens is 331 g/mol. The van der Waals surface area contributed by atoms with Crippen molar-refractivity contribution in [2.45, 2.75) is 13.8 Å². The smallest absolute Gasteiger partial charge is 0.227 e. The molecular formula is C11H23IN4O. The molecule has 17 heavy (non-hydrogen) atoms. The van der Waals surface area contributed by atoms with E-state index in [-0.39, 0.29) is 29.9 Å². The maximum atomic E-state index is 11.5. The summed E-state index contributed by atoms with van der Waals surface area (Å²) in [5, 5.41) is 8.76. The highest BCUT2D eigenvalue weighted by Gasteiger charge is 2.26. The summed E-state index contributed by atoms with van der Waals surface area (Å²) >= 11 is 0. The molecule has 0 saturated heterocycles. The van der Waals surface area contributed by atoms with Crippen LogP contribution in [0.25, 0.3) is 0 Å². The predicted octanol–water partition coefficient (Wildman–Crippen LogP) is 0.728. The third kappa shape index (κ3) is 7.19. The number of hydrogen-bond donors (Lipinski definition) is 3. The van der Waals surface area contributed by atoms with E-state index in [1.165, 1.54) is 0 Å². The lowest BCUT2D eigenvalue weighted by atomic mass is 9.92. The molecule has 0 aliphatic heterocycles. The Hall–Kier alpha value is -0.790. The monoisotopic (exact) mass is 354 g/mol. The number of hydrogen-bond acceptors (Lipinski definition) is 2. The maximum absolute atomic E-state index is 11.5. The van der Waals surface area contributed by atoms with Gasteiger partial charge in [0.15, 0.2) is 5.96 Å². The summed E-state index contributed by atoms with van der Waals surface area (Å²) < 4.78 is 0. The fourth-order valence-electron chi connectivity index (χ4n) is 1.11. The third-order valence-corrected chi connectivity index (χ3v) is 2.18. The van der Waals surface area contributed by atoms with E-state index < -0.39 is 5.41 Å². The molecule has 0 fully saturated rings. The highest BCUT2D eigenvalue weighted by atomic mass is 127. The van der Waals surface area contributed by atoms with Gasteiger partial charge >= 0.3 is 0 Å². The SMILES string of the molecule is C=CCNC(=NC)NCC(C)(C)C(=O)NC.I. The summed E-state index contributed by atoms with van der Waals surface area (Å²) in [6, 6.07) is 0. The van der Waals surface area contributed by atoms with Gasteiger partial charge in [-0.1, -0.05) is 6.08 Å². The van der Waals surface area contributed by atoms with Crippen LogP contribution in [0.4, 0.5) is 0 Å². The lowest BCUT2D eigenvalue weighted by Crippen LogP contribution is -2.47. The quantitative estimate of drug-likeness (QED) is 0.295. The van der Waals surface area contributed by atoms with Crippen molar-refractivity contribution >= 4 is 35.8 Å². The van der Waals surface area contributed by atoms with Crippen molar-refractivity contribution in [3.8, 4) is 0 Å². The van der Waals surface area contributed by atoms with Crippen LogP contribution in [0.5, 0.6) is 0 Å². The van der Waals surface area contributed by atoms with E-state index >= 15 is 0 Å². The van der Waals surface area contributed by atoms with Gasteiger partial charge in [0.25, 0.3) is 0 Å². The lowest BCUT2D eigenvalue weighted by molar-refractivity contribution is -0.128. The first-order chi connectivity index (χ1) is 7.47. The first kappa shape index (κ1) is 18.6. The fraction of sp³-hybridized carbons (Fsp3) is 0.636. The fourth-order valence-corrected chi connectivity index (χ4v) is 1.11. The second-order valence-corrected chi connectivity index (χ2v) is 4.06. The first-order valence-electron chi connectivity index (χ1n) is 5.25. The van der Waals surface area contributed by atoms with Crippen molar-refractivity contribution in [1.82, 2.24) is 16.0 Å². The molecule has 0 spiro atoms. The number of nitrogens with one attached hydrogen (secondary N) is 3. The van der Waals surface area contributed by atoms with E-state index in [4.69, 9.17) is 0 Å². The van der Waals surface area contributed by atoms with Gasteiger partial charge in [-0.25, -0.2) is 0 Å². The van der Waals surface area contributed by atoms with Gasteiger partial charge in [0.2, 0.25) is 5.91 Å². The largest absolute Gasteiger partial charge is 0.359 e. The summed E-state index contributed by atoms with van der Waals surface area (Å²) in [6.07, 6.45) is 1.75. The van der Waals surface area contributed by atoms with Gasteiger partial charge in [-0.15, -0.1) is 30.6 Å². The number of guanidine groups is 1. The van der Waals surface area contributed by atoms with E-state index in [2.05, 4.69) is 27.5 Å². The normalized spacial score (nSPS) is 11.2. The molecule has 0 saturated carbocycles. The molecule has 3 N–H and O–H groups in total. The highest BCUT2D eigenvalue weighted by molar-refractivity contribution is 14.0. The van der Waals surface area contributed by atoms with Gasteiger partial charge in [-0.2, -0.15) is 0 Å². The highest BCUT2D eigenvalue weighted by Crippen LogP contribution is 2.12. The molecule has 0 heterocycles. The standard InChI is InChI=1S/C11H22N4O.HI/c1-6-7-14-10(13-5)15-8-11(2,3)9(16)12-4;/h6H,1,7-8H2,2-5H3,(H,12,16)(H2,13,14,15);1H. The third-order valence-electron chi connectivity index (χ3n) is 2.18. The molecule has 0 unspecified atom stereocenters. The summed E-state index contributed by atoms with van der Waals surface area (Å²) in [5.74, 6) is 0.663. The van der Waals surface area contributed by atoms with Gasteiger partial charge in [0, 0.05) is 27.2 Å². The van der Waals surface area contributed by atoms with E-state index in [1.54, 1.807) is 20.2 Å². The summed E-state index contributed by atoms with van der Waals surface area (Å²) in [4.78, 5) is 15.5. The van der Waals surface area contributed by atoms with Gasteiger partial charge in [-0.05, 0) is 13.8 Å². The Balaban J connectivity index is 0. The Labute approximate surface area is 121 Å². The van der Waals surface area contributed by atoms with Crippen molar-refractivity contribution in [3.05, 3.63) is 12.7 Å². The second kappa shape index (κ2) is 9.26. The van der Waals surface area contributed by atoms with Gasteiger partial charge in [0.1, 0.15) is 0 Å². The van der Waals surface area contributed by atoms with Crippen LogP contribution in [-0.4, -0.2) is 39.1 Å². The number of aliphatic imine (C=N–C) groups is 1. The number of carbonyl (C=O) groups excluding carboxylic acids is 1. The van der Waals surface area contributed by atoms with Crippen LogP contribution in [-0.2, 0) is 4.79 Å². The molecule has 1 amide bonds. The Morgan fingerprint density at radius 3 is 2.41 bits per heavy atom. The van der Waals surface area contributed by atoms with Gasteiger partial charge < -0.3 is 16.0 Å². The van der Waals surface area contributed by atoms with Crippen LogP contribution in [0, 0.1) is 5.41 Å². The zero-order valence-electron chi connectivity index (χ0n) is 11.0. The average molecular weight is 354 g/mol. The molecule has 0 rings (SSSR count). The molecule has 0 radical (unpaired) electrons. The zero-order valence-corrected chi connectivity index (χ0v) is 13.3. The van der Waals surface area contributed by atoms with Crippen molar-refractivity contribution in [1.29, 1.82) is 0 Å². The molecule has 100 valence electrons. The van der Waals surface area contributed by atoms with Crippen LogP contribution in [0.3, 0.4) is 0 Å². The minimum absolute atomic E-state index is 0. The average Bonchev–Trinajstić information content (AvgIpc) is 2.28. The van der Waals surface area contributed by atoms with Crippen molar-refractivity contribution in [2.75, 3.05) is 27.2 Å². The Kier molecular flexibility index (Phi) is 10.1. The summed E-state index contributed by atoms with van der Waals surface area (Å²) in [6.45, 7) is 8.51. The van der Waals surface area contributed by atoms with E-state index in [9.17, 15) is 4.79 Å². The van der Waals surface area contributed by atoms with Crippen molar-refractivity contribution < 1.29 is 4.79 Å².